The molecule has 0 radical (unpaired) electrons. The maximum absolute atomic E-state index is 12.9. The molecule has 0 unspecified atom stereocenters. The van der Waals surface area contributed by atoms with Gasteiger partial charge in [0.15, 0.2) is 0 Å². The van der Waals surface area contributed by atoms with Crippen LogP contribution in [-0.4, -0.2) is 10.9 Å². The molecule has 1 heterocycles. The van der Waals surface area contributed by atoms with E-state index in [0.717, 1.165) is 11.3 Å². The van der Waals surface area contributed by atoms with E-state index in [9.17, 15) is 9.18 Å². The molecule has 0 bridgehead atoms. The highest BCUT2D eigenvalue weighted by atomic mass is 35.5. The molecule has 4 nitrogen and oxygen atoms in total. The number of carbonyl (C=O) groups excluding carboxylic acids is 1. The van der Waals surface area contributed by atoms with Crippen LogP contribution < -0.4 is 10.6 Å². The summed E-state index contributed by atoms with van der Waals surface area (Å²) in [6.07, 6.45) is 3.12. The Hall–Kier alpha value is -2.92. The number of halogens is 2. The Morgan fingerprint density at radius 2 is 1.72 bits per heavy atom. The molecule has 0 aliphatic carbocycles. The van der Waals surface area contributed by atoms with Crippen LogP contribution >= 0.6 is 11.6 Å². The van der Waals surface area contributed by atoms with Gasteiger partial charge in [0.05, 0.1) is 11.3 Å². The zero-order valence-electron chi connectivity index (χ0n) is 13.2. The lowest BCUT2D eigenvalue weighted by Crippen LogP contribution is -2.12. The Morgan fingerprint density at radius 1 is 1.00 bits per heavy atom. The zero-order valence-corrected chi connectivity index (χ0v) is 13.9. The Balaban J connectivity index is 1.64. The van der Waals surface area contributed by atoms with E-state index < -0.39 is 0 Å². The number of benzene rings is 2. The maximum atomic E-state index is 12.9. The van der Waals surface area contributed by atoms with Gasteiger partial charge in [0.2, 0.25) is 0 Å². The number of aromatic nitrogens is 1. The minimum absolute atomic E-state index is 0.311. The van der Waals surface area contributed by atoms with E-state index in [2.05, 4.69) is 15.6 Å². The highest BCUT2D eigenvalue weighted by molar-refractivity contribution is 6.30. The number of hydrogen-bond acceptors (Lipinski definition) is 3. The molecule has 6 heteroatoms. The van der Waals surface area contributed by atoms with Crippen molar-refractivity contribution in [1.29, 1.82) is 0 Å². The lowest BCUT2D eigenvalue weighted by atomic mass is 10.2. The van der Waals surface area contributed by atoms with Gasteiger partial charge in [-0.15, -0.1) is 0 Å². The minimum Gasteiger partial charge on any atom is -0.380 e. The molecule has 0 spiro atoms. The number of nitrogens with zero attached hydrogens (tertiary/aromatic N) is 1. The van der Waals surface area contributed by atoms with Crippen LogP contribution in [0.5, 0.6) is 0 Å². The van der Waals surface area contributed by atoms with Crippen LogP contribution in [0.3, 0.4) is 0 Å². The average Bonchev–Trinajstić information content (AvgIpc) is 2.63. The van der Waals surface area contributed by atoms with E-state index in [-0.39, 0.29) is 11.7 Å². The summed E-state index contributed by atoms with van der Waals surface area (Å²) in [6.45, 7) is 0.585. The Morgan fingerprint density at radius 3 is 2.44 bits per heavy atom. The standard InChI is InChI=1S/C19H15ClFN3O/c20-15-3-1-13(2-4-15)10-23-18-9-14(11-22-12-18)19(25)24-17-7-5-16(21)6-8-17/h1-9,11-12,23H,10H2,(H,24,25). The quantitative estimate of drug-likeness (QED) is 0.695. The van der Waals surface area contributed by atoms with Crippen molar-refractivity contribution < 1.29 is 9.18 Å². The first-order valence-electron chi connectivity index (χ1n) is 7.60. The molecule has 2 aromatic carbocycles. The molecule has 3 aromatic rings. The topological polar surface area (TPSA) is 54.0 Å². The first-order valence-corrected chi connectivity index (χ1v) is 7.98. The Labute approximate surface area is 149 Å². The summed E-state index contributed by atoms with van der Waals surface area (Å²) in [5.74, 6) is -0.665. The molecular weight excluding hydrogens is 341 g/mol. The third kappa shape index (κ3) is 4.78. The first kappa shape index (κ1) is 16.9. The fourth-order valence-electron chi connectivity index (χ4n) is 2.20. The molecule has 3 rings (SSSR count). The predicted molar refractivity (Wildman–Crippen MR) is 97.4 cm³/mol. The van der Waals surface area contributed by atoms with Gasteiger partial charge in [-0.2, -0.15) is 0 Å². The summed E-state index contributed by atoms with van der Waals surface area (Å²) in [5, 5.41) is 6.60. The lowest BCUT2D eigenvalue weighted by Gasteiger charge is -2.09. The minimum atomic E-state index is -0.354. The smallest absolute Gasteiger partial charge is 0.257 e. The van der Waals surface area contributed by atoms with Crippen molar-refractivity contribution in [2.75, 3.05) is 10.6 Å². The molecule has 0 aliphatic heterocycles. The van der Waals surface area contributed by atoms with E-state index in [4.69, 9.17) is 11.6 Å². The van der Waals surface area contributed by atoms with Crippen molar-refractivity contribution in [3.8, 4) is 0 Å². The number of rotatable bonds is 5. The van der Waals surface area contributed by atoms with Crippen LogP contribution in [0.1, 0.15) is 15.9 Å². The molecule has 0 fully saturated rings. The highest BCUT2D eigenvalue weighted by Crippen LogP contribution is 2.15. The number of carbonyl (C=O) groups is 1. The zero-order chi connectivity index (χ0) is 17.6. The van der Waals surface area contributed by atoms with Gasteiger partial charge in [-0.1, -0.05) is 23.7 Å². The van der Waals surface area contributed by atoms with Crippen LogP contribution in [0.25, 0.3) is 0 Å². The van der Waals surface area contributed by atoms with E-state index >= 15 is 0 Å². The molecule has 126 valence electrons. The fraction of sp³-hybridized carbons (Fsp3) is 0.0526. The molecule has 0 saturated carbocycles. The van der Waals surface area contributed by atoms with Crippen molar-refractivity contribution in [3.63, 3.8) is 0 Å². The van der Waals surface area contributed by atoms with Gasteiger partial charge in [0, 0.05) is 29.6 Å². The summed E-state index contributed by atoms with van der Waals surface area (Å²) in [5.41, 5.74) is 2.71. The van der Waals surface area contributed by atoms with Gasteiger partial charge in [0.25, 0.3) is 5.91 Å². The van der Waals surface area contributed by atoms with Gasteiger partial charge in [0.1, 0.15) is 5.82 Å². The van der Waals surface area contributed by atoms with Gasteiger partial charge in [-0.3, -0.25) is 9.78 Å². The number of anilines is 2. The SMILES string of the molecule is O=C(Nc1ccc(F)cc1)c1cncc(NCc2ccc(Cl)cc2)c1. The summed E-state index contributed by atoms with van der Waals surface area (Å²) >= 11 is 5.86. The van der Waals surface area contributed by atoms with Crippen LogP contribution in [0.2, 0.25) is 5.02 Å². The van der Waals surface area contributed by atoms with Crippen molar-refractivity contribution in [1.82, 2.24) is 4.98 Å². The van der Waals surface area contributed by atoms with Crippen LogP contribution in [0.4, 0.5) is 15.8 Å². The van der Waals surface area contributed by atoms with Gasteiger partial charge in [-0.25, -0.2) is 4.39 Å². The molecule has 25 heavy (non-hydrogen) atoms. The first-order chi connectivity index (χ1) is 12.1. The maximum Gasteiger partial charge on any atom is 0.257 e. The molecule has 2 N–H and O–H groups in total. The van der Waals surface area contributed by atoms with Gasteiger partial charge in [-0.05, 0) is 48.0 Å². The average molecular weight is 356 g/mol. The summed E-state index contributed by atoms with van der Waals surface area (Å²) < 4.78 is 12.9. The lowest BCUT2D eigenvalue weighted by molar-refractivity contribution is 0.102. The molecule has 0 atom stereocenters. The van der Waals surface area contributed by atoms with Crippen LogP contribution in [-0.2, 0) is 6.54 Å². The van der Waals surface area contributed by atoms with Crippen molar-refractivity contribution in [3.05, 3.63) is 89.0 Å². The summed E-state index contributed by atoms with van der Waals surface area (Å²) in [7, 11) is 0. The van der Waals surface area contributed by atoms with Crippen LogP contribution in [0.15, 0.2) is 67.0 Å². The second-order valence-electron chi connectivity index (χ2n) is 5.40. The number of nitrogens with one attached hydrogen (secondary N) is 2. The van der Waals surface area contributed by atoms with Crippen LogP contribution in [0, 0.1) is 5.82 Å². The number of amides is 1. The summed E-state index contributed by atoms with van der Waals surface area (Å²) in [4.78, 5) is 16.4. The molecule has 0 saturated heterocycles. The number of pyridine rings is 1. The third-order valence-electron chi connectivity index (χ3n) is 3.51. The van der Waals surface area contributed by atoms with Crippen molar-refractivity contribution in [2.45, 2.75) is 6.54 Å². The van der Waals surface area contributed by atoms with Crippen molar-refractivity contribution in [2.24, 2.45) is 0 Å². The van der Waals surface area contributed by atoms with E-state index in [1.54, 1.807) is 12.3 Å². The Kier molecular flexibility index (Phi) is 5.26. The second kappa shape index (κ2) is 7.77. The number of hydrogen-bond donors (Lipinski definition) is 2. The largest absolute Gasteiger partial charge is 0.380 e. The molecule has 1 aromatic heterocycles. The van der Waals surface area contributed by atoms with Gasteiger partial charge < -0.3 is 10.6 Å². The third-order valence-corrected chi connectivity index (χ3v) is 3.76. The second-order valence-corrected chi connectivity index (χ2v) is 5.84. The summed E-state index contributed by atoms with van der Waals surface area (Å²) in [6, 6.07) is 14.8. The van der Waals surface area contributed by atoms with E-state index in [1.165, 1.54) is 30.5 Å². The van der Waals surface area contributed by atoms with Gasteiger partial charge >= 0.3 is 0 Å². The van der Waals surface area contributed by atoms with Crippen molar-refractivity contribution >= 4 is 28.9 Å². The molecule has 0 aliphatic rings. The highest BCUT2D eigenvalue weighted by Gasteiger charge is 2.08. The normalized spacial score (nSPS) is 10.3. The fourth-order valence-corrected chi connectivity index (χ4v) is 2.33. The Bertz CT molecular complexity index is 867. The monoisotopic (exact) mass is 355 g/mol. The predicted octanol–water partition coefficient (Wildman–Crippen LogP) is 4.74. The molecular formula is C19H15ClFN3O. The van der Waals surface area contributed by atoms with E-state index in [0.29, 0.717) is 22.8 Å². The van der Waals surface area contributed by atoms with E-state index in [1.807, 2.05) is 24.3 Å². The molecule has 1 amide bonds.